The van der Waals surface area contributed by atoms with Crippen molar-refractivity contribution >= 4 is 0 Å². The van der Waals surface area contributed by atoms with Crippen molar-refractivity contribution < 1.29 is 9.84 Å². The molecule has 2 heteroatoms. The molecular weight excluding hydrogens is 392 g/mol. The van der Waals surface area contributed by atoms with Gasteiger partial charge in [-0.05, 0) is 67.6 Å². The van der Waals surface area contributed by atoms with Crippen molar-refractivity contribution in [1.29, 1.82) is 0 Å². The molecule has 3 aliphatic carbocycles. The number of hydrogen-bond donors (Lipinski definition) is 1. The molecule has 0 spiro atoms. The average molecular weight is 449 g/mol. The smallest absolute Gasteiger partial charge is 0.0512 e. The molecule has 0 aromatic carbocycles. The van der Waals surface area contributed by atoms with Gasteiger partial charge in [-0.25, -0.2) is 0 Å². The SMILES string of the molecule is CCCCCC1CCC(CCC2CCC(C3CCC(CC(CO)COC)CC3)CC2)CC1. The number of ether oxygens (including phenoxy) is 1. The lowest BCUT2D eigenvalue weighted by Gasteiger charge is -2.39. The van der Waals surface area contributed by atoms with Gasteiger partial charge in [0.05, 0.1) is 6.61 Å². The van der Waals surface area contributed by atoms with Crippen LogP contribution in [0.3, 0.4) is 0 Å². The third-order valence-corrected chi connectivity index (χ3v) is 9.94. The summed E-state index contributed by atoms with van der Waals surface area (Å²) < 4.78 is 5.28. The van der Waals surface area contributed by atoms with E-state index in [-0.39, 0.29) is 6.61 Å². The van der Waals surface area contributed by atoms with Crippen LogP contribution in [-0.2, 0) is 4.74 Å². The Hall–Kier alpha value is -0.0800. The first-order chi connectivity index (χ1) is 15.7. The Kier molecular flexibility index (Phi) is 12.5. The standard InChI is InChI=1S/C30H56O2/c1-3-4-5-6-24-7-9-25(10-8-24)11-12-26-13-17-29(18-14-26)30-19-15-27(16-20-30)21-28(22-31)23-32-2/h24-31H,3-23H2,1-2H3. The van der Waals surface area contributed by atoms with E-state index in [9.17, 15) is 5.11 Å². The minimum atomic E-state index is 0.290. The van der Waals surface area contributed by atoms with Crippen molar-refractivity contribution in [2.45, 2.75) is 129 Å². The lowest BCUT2D eigenvalue weighted by atomic mass is 9.67. The summed E-state index contributed by atoms with van der Waals surface area (Å²) in [6.45, 7) is 3.34. The van der Waals surface area contributed by atoms with Gasteiger partial charge >= 0.3 is 0 Å². The Morgan fingerprint density at radius 1 is 0.656 bits per heavy atom. The molecular formula is C30H56O2. The highest BCUT2D eigenvalue weighted by atomic mass is 16.5. The van der Waals surface area contributed by atoms with E-state index in [1.807, 2.05) is 0 Å². The number of unbranched alkanes of at least 4 members (excludes halogenated alkanes) is 2. The van der Waals surface area contributed by atoms with Crippen molar-refractivity contribution in [3.8, 4) is 0 Å². The van der Waals surface area contributed by atoms with E-state index in [0.29, 0.717) is 5.92 Å². The summed E-state index contributed by atoms with van der Waals surface area (Å²) in [5.41, 5.74) is 0. The Morgan fingerprint density at radius 2 is 1.12 bits per heavy atom. The molecule has 0 saturated heterocycles. The van der Waals surface area contributed by atoms with Crippen LogP contribution in [0.5, 0.6) is 0 Å². The van der Waals surface area contributed by atoms with E-state index in [2.05, 4.69) is 6.92 Å². The van der Waals surface area contributed by atoms with Crippen LogP contribution in [0.1, 0.15) is 129 Å². The molecule has 1 atom stereocenters. The van der Waals surface area contributed by atoms with Crippen LogP contribution < -0.4 is 0 Å². The van der Waals surface area contributed by atoms with E-state index in [1.165, 1.54) is 122 Å². The topological polar surface area (TPSA) is 29.5 Å². The van der Waals surface area contributed by atoms with Crippen LogP contribution in [0.15, 0.2) is 0 Å². The second-order valence-corrected chi connectivity index (χ2v) is 12.3. The molecule has 0 aromatic heterocycles. The van der Waals surface area contributed by atoms with E-state index in [4.69, 9.17) is 4.74 Å². The lowest BCUT2D eigenvalue weighted by Crippen LogP contribution is -2.27. The second kappa shape index (κ2) is 15.0. The normalized spacial score (nSPS) is 35.0. The summed E-state index contributed by atoms with van der Waals surface area (Å²) in [6, 6.07) is 0. The van der Waals surface area contributed by atoms with Crippen molar-refractivity contribution in [2.75, 3.05) is 20.3 Å². The van der Waals surface area contributed by atoms with Crippen LogP contribution in [0.25, 0.3) is 0 Å². The molecule has 0 bridgehead atoms. The summed E-state index contributed by atoms with van der Waals surface area (Å²) >= 11 is 0. The van der Waals surface area contributed by atoms with E-state index < -0.39 is 0 Å². The fraction of sp³-hybridized carbons (Fsp3) is 1.00. The fourth-order valence-corrected chi connectivity index (χ4v) is 7.71. The molecule has 0 heterocycles. The zero-order chi connectivity index (χ0) is 22.6. The predicted molar refractivity (Wildman–Crippen MR) is 137 cm³/mol. The monoisotopic (exact) mass is 448 g/mol. The average Bonchev–Trinajstić information content (AvgIpc) is 2.84. The van der Waals surface area contributed by atoms with Gasteiger partial charge in [-0.3, -0.25) is 0 Å². The third kappa shape index (κ3) is 8.94. The first-order valence-electron chi connectivity index (χ1n) is 14.8. The zero-order valence-electron chi connectivity index (χ0n) is 21.7. The molecule has 2 nitrogen and oxygen atoms in total. The summed E-state index contributed by atoms with van der Waals surface area (Å²) in [6.07, 6.45) is 28.0. The first-order valence-corrected chi connectivity index (χ1v) is 14.8. The molecule has 0 aliphatic heterocycles. The van der Waals surface area contributed by atoms with E-state index in [1.54, 1.807) is 7.11 Å². The van der Waals surface area contributed by atoms with Crippen molar-refractivity contribution in [3.05, 3.63) is 0 Å². The predicted octanol–water partition coefficient (Wildman–Crippen LogP) is 8.41. The molecule has 32 heavy (non-hydrogen) atoms. The van der Waals surface area contributed by atoms with Gasteiger partial charge in [0.1, 0.15) is 0 Å². The summed E-state index contributed by atoms with van der Waals surface area (Å²) in [5, 5.41) is 9.57. The summed E-state index contributed by atoms with van der Waals surface area (Å²) in [5.74, 6) is 6.39. The number of methoxy groups -OCH3 is 1. The molecule has 1 N–H and O–H groups in total. The van der Waals surface area contributed by atoms with Crippen LogP contribution in [0.2, 0.25) is 0 Å². The highest BCUT2D eigenvalue weighted by molar-refractivity contribution is 4.83. The highest BCUT2D eigenvalue weighted by Crippen LogP contribution is 2.44. The Labute approximate surface area is 200 Å². The van der Waals surface area contributed by atoms with Crippen LogP contribution in [-0.4, -0.2) is 25.4 Å². The van der Waals surface area contributed by atoms with E-state index in [0.717, 1.165) is 42.1 Å². The fourth-order valence-electron chi connectivity index (χ4n) is 7.71. The molecule has 0 radical (unpaired) electrons. The van der Waals surface area contributed by atoms with Crippen LogP contribution >= 0.6 is 0 Å². The molecule has 3 rings (SSSR count). The zero-order valence-corrected chi connectivity index (χ0v) is 21.7. The van der Waals surface area contributed by atoms with Gasteiger partial charge in [0.2, 0.25) is 0 Å². The van der Waals surface area contributed by atoms with E-state index >= 15 is 0 Å². The Balaban J connectivity index is 1.25. The molecule has 1 unspecified atom stereocenters. The molecule has 0 amide bonds. The maximum absolute atomic E-state index is 9.57. The van der Waals surface area contributed by atoms with Gasteiger partial charge < -0.3 is 9.84 Å². The maximum Gasteiger partial charge on any atom is 0.0512 e. The van der Waals surface area contributed by atoms with Crippen molar-refractivity contribution in [3.63, 3.8) is 0 Å². The van der Waals surface area contributed by atoms with Gasteiger partial charge in [-0.15, -0.1) is 0 Å². The van der Waals surface area contributed by atoms with Gasteiger partial charge in [0.25, 0.3) is 0 Å². The molecule has 0 aromatic rings. The molecule has 188 valence electrons. The second-order valence-electron chi connectivity index (χ2n) is 12.3. The third-order valence-electron chi connectivity index (χ3n) is 9.94. The first kappa shape index (κ1) is 26.5. The van der Waals surface area contributed by atoms with Crippen LogP contribution in [0, 0.1) is 41.4 Å². The minimum Gasteiger partial charge on any atom is -0.396 e. The Morgan fingerprint density at radius 3 is 1.59 bits per heavy atom. The maximum atomic E-state index is 9.57. The molecule has 3 aliphatic rings. The van der Waals surface area contributed by atoms with Crippen molar-refractivity contribution in [1.82, 2.24) is 0 Å². The lowest BCUT2D eigenvalue weighted by molar-refractivity contribution is 0.0791. The van der Waals surface area contributed by atoms with Gasteiger partial charge in [0, 0.05) is 19.6 Å². The highest BCUT2D eigenvalue weighted by Gasteiger charge is 2.32. The number of rotatable bonds is 13. The van der Waals surface area contributed by atoms with Gasteiger partial charge in [0.15, 0.2) is 0 Å². The van der Waals surface area contributed by atoms with Gasteiger partial charge in [-0.2, -0.15) is 0 Å². The number of aliphatic hydroxyl groups excluding tert-OH is 1. The molecule has 3 fully saturated rings. The van der Waals surface area contributed by atoms with Crippen LogP contribution in [0.4, 0.5) is 0 Å². The van der Waals surface area contributed by atoms with Crippen molar-refractivity contribution in [2.24, 2.45) is 41.4 Å². The quantitative estimate of drug-likeness (QED) is 0.286. The minimum absolute atomic E-state index is 0.290. The van der Waals surface area contributed by atoms with Gasteiger partial charge in [-0.1, -0.05) is 96.8 Å². The summed E-state index contributed by atoms with van der Waals surface area (Å²) in [4.78, 5) is 0. The number of aliphatic hydroxyl groups is 1. The largest absolute Gasteiger partial charge is 0.396 e. The summed E-state index contributed by atoms with van der Waals surface area (Å²) in [7, 11) is 1.76. The molecule has 3 saturated carbocycles. The number of hydrogen-bond acceptors (Lipinski definition) is 2. The Bertz CT molecular complexity index is 453.